The monoisotopic (exact) mass is 393 g/mol. The first-order valence-corrected chi connectivity index (χ1v) is 10.1. The molecule has 7 heteroatoms. The molecule has 4 atom stereocenters. The summed E-state index contributed by atoms with van der Waals surface area (Å²) >= 11 is 0. The van der Waals surface area contributed by atoms with Crippen LogP contribution in [-0.4, -0.2) is 40.3 Å². The fourth-order valence-corrected chi connectivity index (χ4v) is 4.61. The molecule has 152 valence electrons. The van der Waals surface area contributed by atoms with Crippen LogP contribution in [0.4, 0.5) is 5.82 Å². The zero-order chi connectivity index (χ0) is 20.5. The van der Waals surface area contributed by atoms with E-state index in [0.717, 1.165) is 24.1 Å². The van der Waals surface area contributed by atoms with Crippen LogP contribution in [0.25, 0.3) is 0 Å². The number of nitrogen functional groups attached to an aromatic ring is 1. The molecule has 2 unspecified atom stereocenters. The molecule has 0 saturated carbocycles. The third-order valence-electron chi connectivity index (χ3n) is 6.21. The Morgan fingerprint density at radius 2 is 1.97 bits per heavy atom. The van der Waals surface area contributed by atoms with Crippen LogP contribution in [0.3, 0.4) is 0 Å². The molecular formula is C22H27N5O2. The lowest BCUT2D eigenvalue weighted by Gasteiger charge is -2.29. The lowest BCUT2D eigenvalue weighted by atomic mass is 9.96. The van der Waals surface area contributed by atoms with E-state index in [1.807, 2.05) is 36.1 Å². The highest BCUT2D eigenvalue weighted by Gasteiger charge is 2.41. The van der Waals surface area contributed by atoms with Crippen LogP contribution in [0.15, 0.2) is 42.5 Å². The molecule has 1 fully saturated rings. The van der Waals surface area contributed by atoms with Crippen molar-refractivity contribution < 1.29 is 9.59 Å². The molecule has 2 aromatic rings. The number of carbonyl (C=O) groups is 2. The van der Waals surface area contributed by atoms with E-state index >= 15 is 0 Å². The Labute approximate surface area is 170 Å². The quantitative estimate of drug-likeness (QED) is 0.712. The van der Waals surface area contributed by atoms with Crippen molar-refractivity contribution in [2.24, 2.45) is 5.73 Å². The number of amides is 2. The molecule has 1 aliphatic carbocycles. The van der Waals surface area contributed by atoms with Crippen molar-refractivity contribution in [3.8, 4) is 0 Å². The number of nitrogens with two attached hydrogens (primary N) is 2. The average Bonchev–Trinajstić information content (AvgIpc) is 3.32. The smallest absolute Gasteiger partial charge is 0.237 e. The molecular weight excluding hydrogens is 366 g/mol. The number of likely N-dealkylation sites (tertiary alicyclic amines) is 1. The van der Waals surface area contributed by atoms with Crippen LogP contribution in [0.2, 0.25) is 0 Å². The minimum absolute atomic E-state index is 0.0763. The Kier molecular flexibility index (Phi) is 5.24. The lowest BCUT2D eigenvalue weighted by Crippen LogP contribution is -2.51. The van der Waals surface area contributed by atoms with Gasteiger partial charge in [0, 0.05) is 12.2 Å². The Morgan fingerprint density at radius 1 is 1.21 bits per heavy atom. The molecule has 1 aromatic heterocycles. The first-order chi connectivity index (χ1) is 13.9. The highest BCUT2D eigenvalue weighted by Crippen LogP contribution is 2.34. The largest absolute Gasteiger partial charge is 0.384 e. The van der Waals surface area contributed by atoms with Crippen molar-refractivity contribution in [3.05, 3.63) is 59.3 Å². The summed E-state index contributed by atoms with van der Waals surface area (Å²) in [6, 6.07) is 12.8. The summed E-state index contributed by atoms with van der Waals surface area (Å²) in [5, 5.41) is 3.13. The van der Waals surface area contributed by atoms with Gasteiger partial charge in [0.2, 0.25) is 11.8 Å². The zero-order valence-corrected chi connectivity index (χ0v) is 16.5. The molecule has 1 aliphatic heterocycles. The van der Waals surface area contributed by atoms with E-state index in [2.05, 4.69) is 22.4 Å². The minimum Gasteiger partial charge on any atom is -0.384 e. The zero-order valence-electron chi connectivity index (χ0n) is 16.5. The summed E-state index contributed by atoms with van der Waals surface area (Å²) in [6.45, 7) is 2.47. The van der Waals surface area contributed by atoms with Crippen molar-refractivity contribution in [2.45, 2.75) is 50.2 Å². The number of aryl methyl sites for hydroxylation is 1. The van der Waals surface area contributed by atoms with Crippen LogP contribution in [0.1, 0.15) is 48.5 Å². The number of fused-ring (bicyclic) bond motifs is 1. The van der Waals surface area contributed by atoms with Gasteiger partial charge in [0.15, 0.2) is 0 Å². The summed E-state index contributed by atoms with van der Waals surface area (Å²) in [5.41, 5.74) is 14.6. The summed E-state index contributed by atoms with van der Waals surface area (Å²) in [5.74, 6) is 0.203. The van der Waals surface area contributed by atoms with E-state index in [0.29, 0.717) is 18.8 Å². The normalized spacial score (nSPS) is 24.8. The predicted molar refractivity (Wildman–Crippen MR) is 111 cm³/mol. The highest BCUT2D eigenvalue weighted by molar-refractivity contribution is 5.85. The third kappa shape index (κ3) is 3.82. The maximum atomic E-state index is 13.0. The molecule has 29 heavy (non-hydrogen) atoms. The Balaban J connectivity index is 1.47. The van der Waals surface area contributed by atoms with E-state index in [4.69, 9.17) is 11.5 Å². The molecule has 0 bridgehead atoms. The van der Waals surface area contributed by atoms with Gasteiger partial charge in [-0.1, -0.05) is 36.4 Å². The molecule has 0 radical (unpaired) electrons. The van der Waals surface area contributed by atoms with Crippen molar-refractivity contribution in [1.82, 2.24) is 15.2 Å². The first-order valence-electron chi connectivity index (χ1n) is 10.1. The van der Waals surface area contributed by atoms with Crippen molar-refractivity contribution in [1.29, 1.82) is 0 Å². The van der Waals surface area contributed by atoms with Crippen LogP contribution in [0, 0.1) is 0 Å². The molecule has 5 N–H and O–H groups in total. The van der Waals surface area contributed by atoms with E-state index < -0.39 is 12.1 Å². The summed E-state index contributed by atoms with van der Waals surface area (Å²) in [7, 11) is 0. The number of hydrogen-bond acceptors (Lipinski definition) is 5. The topological polar surface area (TPSA) is 114 Å². The average molecular weight is 393 g/mol. The Morgan fingerprint density at radius 3 is 2.69 bits per heavy atom. The van der Waals surface area contributed by atoms with Gasteiger partial charge in [-0.15, -0.1) is 0 Å². The van der Waals surface area contributed by atoms with Gasteiger partial charge < -0.3 is 16.8 Å². The van der Waals surface area contributed by atoms with Crippen molar-refractivity contribution in [2.75, 3.05) is 12.3 Å². The number of aromatic nitrogens is 1. The second-order valence-corrected chi connectivity index (χ2v) is 8.01. The SMILES string of the molecule is C[C@@H](C(=O)N[C@@H]1CCc2nc(N)ccc21)N1CC(c2ccccc2)CC1C(N)=O. The molecule has 1 saturated heterocycles. The maximum Gasteiger partial charge on any atom is 0.237 e. The predicted octanol–water partition coefficient (Wildman–Crippen LogP) is 1.50. The number of nitrogens with zero attached hydrogens (tertiary/aromatic N) is 2. The number of hydrogen-bond donors (Lipinski definition) is 3. The second kappa shape index (κ2) is 7.83. The van der Waals surface area contributed by atoms with Gasteiger partial charge in [0.25, 0.3) is 0 Å². The third-order valence-corrected chi connectivity index (χ3v) is 6.21. The van der Waals surface area contributed by atoms with Gasteiger partial charge >= 0.3 is 0 Å². The molecule has 0 spiro atoms. The van der Waals surface area contributed by atoms with Crippen LogP contribution in [-0.2, 0) is 16.0 Å². The number of nitrogens with one attached hydrogen (secondary N) is 1. The fourth-order valence-electron chi connectivity index (χ4n) is 4.61. The number of rotatable bonds is 5. The van der Waals surface area contributed by atoms with E-state index in [1.54, 1.807) is 6.07 Å². The van der Waals surface area contributed by atoms with Gasteiger partial charge in [-0.05, 0) is 49.3 Å². The van der Waals surface area contributed by atoms with Crippen molar-refractivity contribution >= 4 is 17.6 Å². The number of pyridine rings is 1. The molecule has 7 nitrogen and oxygen atoms in total. The second-order valence-electron chi connectivity index (χ2n) is 8.01. The number of benzene rings is 1. The number of anilines is 1. The van der Waals surface area contributed by atoms with E-state index in [9.17, 15) is 9.59 Å². The Bertz CT molecular complexity index is 917. The van der Waals surface area contributed by atoms with Gasteiger partial charge in [-0.3, -0.25) is 14.5 Å². The number of primary amides is 1. The van der Waals surface area contributed by atoms with Crippen LogP contribution >= 0.6 is 0 Å². The molecule has 2 amide bonds. The highest BCUT2D eigenvalue weighted by atomic mass is 16.2. The maximum absolute atomic E-state index is 13.0. The summed E-state index contributed by atoms with van der Waals surface area (Å²) in [4.78, 5) is 31.4. The minimum atomic E-state index is -0.452. The van der Waals surface area contributed by atoms with E-state index in [-0.39, 0.29) is 23.8 Å². The molecule has 1 aromatic carbocycles. The summed E-state index contributed by atoms with van der Waals surface area (Å²) in [6.07, 6.45) is 2.23. The molecule has 2 aliphatic rings. The number of carbonyl (C=O) groups excluding carboxylic acids is 2. The summed E-state index contributed by atoms with van der Waals surface area (Å²) < 4.78 is 0. The van der Waals surface area contributed by atoms with Gasteiger partial charge in [-0.25, -0.2) is 4.98 Å². The molecule has 4 rings (SSSR count). The van der Waals surface area contributed by atoms with E-state index in [1.165, 1.54) is 5.56 Å². The fraction of sp³-hybridized carbons (Fsp3) is 0.409. The van der Waals surface area contributed by atoms with Gasteiger partial charge in [0.05, 0.1) is 18.1 Å². The van der Waals surface area contributed by atoms with Crippen LogP contribution in [0.5, 0.6) is 0 Å². The van der Waals surface area contributed by atoms with Gasteiger partial charge in [0.1, 0.15) is 5.82 Å². The van der Waals surface area contributed by atoms with Crippen LogP contribution < -0.4 is 16.8 Å². The lowest BCUT2D eigenvalue weighted by molar-refractivity contribution is -0.129. The molecule has 2 heterocycles. The standard InChI is InChI=1S/C22H27N5O2/c1-13(22(29)26-18-9-8-17-16(18)7-10-20(23)25-17)27-12-15(11-19(27)21(24)28)14-5-3-2-4-6-14/h2-7,10,13,15,18-19H,8-9,11-12H2,1H3,(H2,23,25)(H2,24,28)(H,26,29)/t13-,15?,18+,19?/m0/s1. The Hall–Kier alpha value is -2.93. The van der Waals surface area contributed by atoms with Gasteiger partial charge in [-0.2, -0.15) is 0 Å². The first kappa shape index (κ1) is 19.4. The van der Waals surface area contributed by atoms with Crippen molar-refractivity contribution in [3.63, 3.8) is 0 Å².